The van der Waals surface area contributed by atoms with Gasteiger partial charge in [0.15, 0.2) is 0 Å². The molecule has 1 amide bonds. The van der Waals surface area contributed by atoms with Crippen LogP contribution in [0.2, 0.25) is 0 Å². The number of rotatable bonds is 6. The van der Waals surface area contributed by atoms with E-state index < -0.39 is 12.0 Å². The summed E-state index contributed by atoms with van der Waals surface area (Å²) in [6.07, 6.45) is 0.896. The van der Waals surface area contributed by atoms with Gasteiger partial charge in [0.2, 0.25) is 5.91 Å². The lowest BCUT2D eigenvalue weighted by atomic mass is 9.98. The summed E-state index contributed by atoms with van der Waals surface area (Å²) < 4.78 is 10.4. The maximum atomic E-state index is 12.2. The van der Waals surface area contributed by atoms with Crippen LogP contribution in [-0.2, 0) is 19.1 Å². The number of methoxy groups -OCH3 is 1. The topological polar surface area (TPSA) is 90.7 Å². The van der Waals surface area contributed by atoms with E-state index >= 15 is 0 Å². The van der Waals surface area contributed by atoms with Crippen LogP contribution in [0.3, 0.4) is 0 Å². The summed E-state index contributed by atoms with van der Waals surface area (Å²) >= 11 is 0. The second-order valence-corrected chi connectivity index (χ2v) is 5.79. The van der Waals surface area contributed by atoms with Crippen molar-refractivity contribution in [2.75, 3.05) is 20.2 Å². The Morgan fingerprint density at radius 3 is 2.61 bits per heavy atom. The molecule has 1 aliphatic heterocycles. The van der Waals surface area contributed by atoms with Crippen molar-refractivity contribution in [3.63, 3.8) is 0 Å². The van der Waals surface area contributed by atoms with Crippen LogP contribution in [0.4, 0.5) is 0 Å². The third kappa shape index (κ3) is 4.53. The molecule has 1 aromatic rings. The molecule has 1 saturated heterocycles. The van der Waals surface area contributed by atoms with Crippen molar-refractivity contribution in [3.8, 4) is 0 Å². The van der Waals surface area contributed by atoms with Crippen LogP contribution < -0.4 is 11.1 Å². The first kappa shape index (κ1) is 17.4. The van der Waals surface area contributed by atoms with Crippen LogP contribution >= 0.6 is 0 Å². The number of aryl methyl sites for hydroxylation is 1. The van der Waals surface area contributed by atoms with Gasteiger partial charge in [-0.05, 0) is 25.3 Å². The molecule has 23 heavy (non-hydrogen) atoms. The fourth-order valence-electron chi connectivity index (χ4n) is 2.67. The van der Waals surface area contributed by atoms with Crippen molar-refractivity contribution in [2.24, 2.45) is 5.73 Å². The highest BCUT2D eigenvalue weighted by molar-refractivity contribution is 5.83. The minimum Gasteiger partial charge on any atom is -0.468 e. The van der Waals surface area contributed by atoms with E-state index in [2.05, 4.69) is 5.32 Å². The molecule has 0 spiro atoms. The lowest BCUT2D eigenvalue weighted by molar-refractivity contribution is -0.142. The molecule has 0 radical (unpaired) electrons. The van der Waals surface area contributed by atoms with Gasteiger partial charge in [-0.25, -0.2) is 0 Å². The van der Waals surface area contributed by atoms with E-state index in [1.54, 1.807) is 0 Å². The summed E-state index contributed by atoms with van der Waals surface area (Å²) in [6, 6.07) is 7.61. The van der Waals surface area contributed by atoms with E-state index in [9.17, 15) is 9.59 Å². The molecule has 1 aliphatic rings. The maximum Gasteiger partial charge on any atom is 0.314 e. The largest absolute Gasteiger partial charge is 0.468 e. The number of hydrogen-bond donors (Lipinski definition) is 2. The van der Waals surface area contributed by atoms with E-state index in [0.29, 0.717) is 13.0 Å². The lowest BCUT2D eigenvalue weighted by Crippen LogP contribution is -2.39. The Balaban J connectivity index is 1.97. The van der Waals surface area contributed by atoms with E-state index in [1.165, 1.54) is 7.11 Å². The summed E-state index contributed by atoms with van der Waals surface area (Å²) in [5.74, 6) is -1.11. The third-order valence-electron chi connectivity index (χ3n) is 4.11. The molecule has 0 saturated carbocycles. The standard InChI is InChI=1S/C17H24N2O4/c1-11-3-5-12(6-4-11)14(17(21)22-2)10-19-16(20)15-8-7-13(9-18)23-15/h3-6,13-15H,7-10,18H2,1-2H3,(H,19,20)/t13-,14?,15+/m1/s1. The highest BCUT2D eigenvalue weighted by atomic mass is 16.5. The molecule has 1 aromatic carbocycles. The van der Waals surface area contributed by atoms with Gasteiger partial charge in [-0.2, -0.15) is 0 Å². The molecular formula is C17H24N2O4. The normalized spacial score (nSPS) is 21.7. The van der Waals surface area contributed by atoms with E-state index in [0.717, 1.165) is 17.5 Å². The summed E-state index contributed by atoms with van der Waals surface area (Å²) in [5, 5.41) is 2.79. The van der Waals surface area contributed by atoms with Crippen molar-refractivity contribution in [3.05, 3.63) is 35.4 Å². The Morgan fingerprint density at radius 1 is 1.35 bits per heavy atom. The van der Waals surface area contributed by atoms with Crippen LogP contribution in [0.1, 0.15) is 29.9 Å². The summed E-state index contributed by atoms with van der Waals surface area (Å²) in [5.41, 5.74) is 7.47. The fourth-order valence-corrected chi connectivity index (χ4v) is 2.67. The van der Waals surface area contributed by atoms with E-state index in [4.69, 9.17) is 15.2 Å². The molecule has 1 unspecified atom stereocenters. The number of nitrogens with two attached hydrogens (primary N) is 1. The number of carbonyl (C=O) groups is 2. The zero-order chi connectivity index (χ0) is 16.8. The number of carbonyl (C=O) groups excluding carboxylic acids is 2. The number of ether oxygens (including phenoxy) is 2. The van der Waals surface area contributed by atoms with Crippen molar-refractivity contribution >= 4 is 11.9 Å². The van der Waals surface area contributed by atoms with E-state index in [1.807, 2.05) is 31.2 Å². The molecule has 1 heterocycles. The predicted octanol–water partition coefficient (Wildman–Crippen LogP) is 0.874. The van der Waals surface area contributed by atoms with Crippen LogP contribution in [0, 0.1) is 6.92 Å². The van der Waals surface area contributed by atoms with Gasteiger partial charge in [0, 0.05) is 13.1 Å². The first-order chi connectivity index (χ1) is 11.0. The molecule has 0 bridgehead atoms. The number of amides is 1. The molecule has 1 fully saturated rings. The predicted molar refractivity (Wildman–Crippen MR) is 85.9 cm³/mol. The Kier molecular flexibility index (Phi) is 6.12. The highest BCUT2D eigenvalue weighted by Crippen LogP contribution is 2.20. The van der Waals surface area contributed by atoms with Crippen LogP contribution in [0.25, 0.3) is 0 Å². The van der Waals surface area contributed by atoms with Gasteiger partial charge in [0.25, 0.3) is 0 Å². The number of benzene rings is 1. The van der Waals surface area contributed by atoms with Crippen molar-refractivity contribution in [1.82, 2.24) is 5.32 Å². The molecule has 0 aliphatic carbocycles. The van der Waals surface area contributed by atoms with Gasteiger partial charge in [-0.1, -0.05) is 29.8 Å². The van der Waals surface area contributed by atoms with Crippen molar-refractivity contribution in [1.29, 1.82) is 0 Å². The molecule has 6 nitrogen and oxygen atoms in total. The summed E-state index contributed by atoms with van der Waals surface area (Å²) in [6.45, 7) is 2.57. The average Bonchev–Trinajstić information content (AvgIpc) is 3.05. The van der Waals surface area contributed by atoms with Crippen LogP contribution in [0.5, 0.6) is 0 Å². The van der Waals surface area contributed by atoms with Crippen molar-refractivity contribution in [2.45, 2.75) is 37.9 Å². The molecule has 126 valence electrons. The highest BCUT2D eigenvalue weighted by Gasteiger charge is 2.31. The second kappa shape index (κ2) is 8.08. The Hall–Kier alpha value is -1.92. The number of esters is 1. The lowest BCUT2D eigenvalue weighted by Gasteiger charge is -2.18. The Bertz CT molecular complexity index is 544. The number of nitrogens with one attached hydrogen (secondary N) is 1. The van der Waals surface area contributed by atoms with Crippen molar-refractivity contribution < 1.29 is 19.1 Å². The minimum absolute atomic E-state index is 0.0562. The molecule has 6 heteroatoms. The quantitative estimate of drug-likeness (QED) is 0.759. The zero-order valence-corrected chi connectivity index (χ0v) is 13.6. The Morgan fingerprint density at radius 2 is 2.04 bits per heavy atom. The zero-order valence-electron chi connectivity index (χ0n) is 13.6. The van der Waals surface area contributed by atoms with Gasteiger partial charge in [-0.3, -0.25) is 9.59 Å². The monoisotopic (exact) mass is 320 g/mol. The smallest absolute Gasteiger partial charge is 0.314 e. The fraction of sp³-hybridized carbons (Fsp3) is 0.529. The van der Waals surface area contributed by atoms with Gasteiger partial charge >= 0.3 is 5.97 Å². The first-order valence-electron chi connectivity index (χ1n) is 7.82. The van der Waals surface area contributed by atoms with Gasteiger partial charge in [-0.15, -0.1) is 0 Å². The van der Waals surface area contributed by atoms with Gasteiger partial charge in [0.05, 0.1) is 19.1 Å². The third-order valence-corrected chi connectivity index (χ3v) is 4.11. The van der Waals surface area contributed by atoms with Gasteiger partial charge < -0.3 is 20.5 Å². The van der Waals surface area contributed by atoms with E-state index in [-0.39, 0.29) is 24.5 Å². The summed E-state index contributed by atoms with van der Waals surface area (Å²) in [4.78, 5) is 24.2. The molecule has 2 rings (SSSR count). The minimum atomic E-state index is -0.531. The SMILES string of the molecule is COC(=O)C(CNC(=O)[C@@H]1CC[C@H](CN)O1)c1ccc(C)cc1. The first-order valence-corrected chi connectivity index (χ1v) is 7.82. The second-order valence-electron chi connectivity index (χ2n) is 5.79. The number of hydrogen-bond acceptors (Lipinski definition) is 5. The average molecular weight is 320 g/mol. The van der Waals surface area contributed by atoms with Crippen LogP contribution in [0.15, 0.2) is 24.3 Å². The summed E-state index contributed by atoms with van der Waals surface area (Å²) in [7, 11) is 1.34. The maximum absolute atomic E-state index is 12.2. The molecular weight excluding hydrogens is 296 g/mol. The van der Waals surface area contributed by atoms with Crippen LogP contribution in [-0.4, -0.2) is 44.3 Å². The molecule has 3 N–H and O–H groups in total. The van der Waals surface area contributed by atoms with Gasteiger partial charge in [0.1, 0.15) is 6.10 Å². The molecule has 0 aromatic heterocycles. The molecule has 3 atom stereocenters. The Labute approximate surface area is 136 Å².